The zero-order valence-electron chi connectivity index (χ0n) is 14.6. The molecule has 0 saturated heterocycles. The maximum Gasteiger partial charge on any atom is 0.296 e. The number of aromatic nitrogens is 2. The molecule has 2 aromatic heterocycles. The summed E-state index contributed by atoms with van der Waals surface area (Å²) in [5.74, 6) is -0.416. The summed E-state index contributed by atoms with van der Waals surface area (Å²) in [6.07, 6.45) is 1.25. The van der Waals surface area contributed by atoms with Gasteiger partial charge in [0, 0.05) is 29.9 Å². The molecule has 3 aromatic rings. The summed E-state index contributed by atoms with van der Waals surface area (Å²) in [5, 5.41) is 17.3. The van der Waals surface area contributed by atoms with Gasteiger partial charge in [0.05, 0.1) is 5.69 Å². The molecule has 0 spiro atoms. The molecule has 0 fully saturated rings. The molecule has 0 aliphatic rings. The van der Waals surface area contributed by atoms with E-state index in [0.717, 1.165) is 11.3 Å². The smallest absolute Gasteiger partial charge is 0.296 e. The van der Waals surface area contributed by atoms with Crippen LogP contribution >= 0.6 is 11.3 Å². The molecule has 0 aliphatic heterocycles. The van der Waals surface area contributed by atoms with Crippen molar-refractivity contribution in [3.63, 3.8) is 0 Å². The number of nitrogens with one attached hydrogen (secondary N) is 2. The van der Waals surface area contributed by atoms with Gasteiger partial charge < -0.3 is 9.84 Å². The lowest BCUT2D eigenvalue weighted by atomic mass is 10.1. The molecular weight excluding hydrogens is 368 g/mol. The summed E-state index contributed by atoms with van der Waals surface area (Å²) in [6, 6.07) is 9.47. The predicted octanol–water partition coefficient (Wildman–Crippen LogP) is 3.19. The van der Waals surface area contributed by atoms with Crippen molar-refractivity contribution in [3.8, 4) is 11.3 Å². The van der Waals surface area contributed by atoms with E-state index in [0.29, 0.717) is 23.7 Å². The Hall–Kier alpha value is -3.04. The summed E-state index contributed by atoms with van der Waals surface area (Å²) in [6.45, 7) is 2.03. The number of hydrogen-bond acceptors (Lipinski definition) is 7. The quantitative estimate of drug-likeness (QED) is 0.424. The fourth-order valence-corrected chi connectivity index (χ4v) is 3.12. The third kappa shape index (κ3) is 4.99. The maximum absolute atomic E-state index is 12.1. The molecule has 0 aliphatic carbocycles. The van der Waals surface area contributed by atoms with E-state index >= 15 is 0 Å². The predicted molar refractivity (Wildman–Crippen MR) is 99.6 cm³/mol. The molecule has 0 unspecified atom stereocenters. The summed E-state index contributed by atoms with van der Waals surface area (Å²) < 4.78 is 4.98. The zero-order chi connectivity index (χ0) is 19.2. The monoisotopic (exact) mass is 386 g/mol. The minimum Gasteiger partial charge on any atom is -0.361 e. The highest BCUT2D eigenvalue weighted by Gasteiger charge is 2.12. The van der Waals surface area contributed by atoms with Gasteiger partial charge in [-0.25, -0.2) is 10.5 Å². The molecule has 0 saturated carbocycles. The molecule has 9 heteroatoms. The maximum atomic E-state index is 12.1. The van der Waals surface area contributed by atoms with E-state index in [9.17, 15) is 9.59 Å². The van der Waals surface area contributed by atoms with Crippen LogP contribution in [-0.2, 0) is 11.2 Å². The molecule has 2 heterocycles. The molecule has 140 valence electrons. The summed E-state index contributed by atoms with van der Waals surface area (Å²) in [5.41, 5.74) is 4.48. The van der Waals surface area contributed by atoms with Crippen LogP contribution in [0.15, 0.2) is 40.2 Å². The van der Waals surface area contributed by atoms with Crippen LogP contribution in [0.4, 0.5) is 5.13 Å². The first-order valence-electron chi connectivity index (χ1n) is 8.27. The van der Waals surface area contributed by atoms with Gasteiger partial charge in [0.25, 0.3) is 5.91 Å². The summed E-state index contributed by atoms with van der Waals surface area (Å²) in [7, 11) is 0. The topological polar surface area (TPSA) is 117 Å². The Kier molecular flexibility index (Phi) is 5.94. The average molecular weight is 386 g/mol. The van der Waals surface area contributed by atoms with E-state index in [4.69, 9.17) is 9.73 Å². The number of thiazole rings is 1. The highest BCUT2D eigenvalue weighted by molar-refractivity contribution is 7.14. The number of carbonyl (C=O) groups is 2. The third-order valence-corrected chi connectivity index (χ3v) is 4.58. The number of aryl methyl sites for hydroxylation is 2. The van der Waals surface area contributed by atoms with Crippen molar-refractivity contribution >= 4 is 28.3 Å². The summed E-state index contributed by atoms with van der Waals surface area (Å²) >= 11 is 1.38. The lowest BCUT2D eigenvalue weighted by molar-refractivity contribution is -0.116. The Morgan fingerprint density at radius 3 is 2.78 bits per heavy atom. The molecule has 3 N–H and O–H groups in total. The number of rotatable bonds is 7. The van der Waals surface area contributed by atoms with Crippen LogP contribution in [0.1, 0.15) is 34.7 Å². The van der Waals surface area contributed by atoms with E-state index in [2.05, 4.69) is 15.5 Å². The van der Waals surface area contributed by atoms with Gasteiger partial charge in [0.1, 0.15) is 5.76 Å². The highest BCUT2D eigenvalue weighted by atomic mass is 32.1. The minimum atomic E-state index is -0.740. The standard InChI is InChI=1S/C18H18N4O4S/c1-11-5-7-12(8-6-11)15-10-27-18(19-15)20-16(23)4-2-3-13-9-14(22-26-13)17(24)21-25/h5-10,25H,2-4H2,1H3,(H,21,24)(H,19,20,23). The molecule has 0 atom stereocenters. The Morgan fingerprint density at radius 2 is 2.04 bits per heavy atom. The van der Waals surface area contributed by atoms with E-state index in [1.165, 1.54) is 28.4 Å². The number of amides is 2. The average Bonchev–Trinajstić information content (AvgIpc) is 3.31. The molecule has 1 aromatic carbocycles. The lowest BCUT2D eigenvalue weighted by Crippen LogP contribution is -2.18. The highest BCUT2D eigenvalue weighted by Crippen LogP contribution is 2.25. The minimum absolute atomic E-state index is 0.0108. The Bertz CT molecular complexity index is 933. The van der Waals surface area contributed by atoms with Crippen LogP contribution in [0, 0.1) is 6.92 Å². The van der Waals surface area contributed by atoms with Gasteiger partial charge in [0.15, 0.2) is 10.8 Å². The number of anilines is 1. The first-order chi connectivity index (χ1) is 13.0. The van der Waals surface area contributed by atoms with E-state index in [1.54, 1.807) is 0 Å². The van der Waals surface area contributed by atoms with Gasteiger partial charge in [-0.15, -0.1) is 11.3 Å². The fraction of sp³-hybridized carbons (Fsp3) is 0.222. The second-order valence-electron chi connectivity index (χ2n) is 5.93. The van der Waals surface area contributed by atoms with Crippen LogP contribution in [0.2, 0.25) is 0 Å². The van der Waals surface area contributed by atoms with Crippen LogP contribution in [0.5, 0.6) is 0 Å². The van der Waals surface area contributed by atoms with Crippen molar-refractivity contribution in [1.82, 2.24) is 15.6 Å². The van der Waals surface area contributed by atoms with E-state index in [1.807, 2.05) is 36.6 Å². The first-order valence-corrected chi connectivity index (χ1v) is 9.15. The molecule has 0 radical (unpaired) electrons. The van der Waals surface area contributed by atoms with Crippen molar-refractivity contribution < 1.29 is 19.3 Å². The van der Waals surface area contributed by atoms with Gasteiger partial charge >= 0.3 is 0 Å². The van der Waals surface area contributed by atoms with Gasteiger partial charge in [-0.05, 0) is 13.3 Å². The van der Waals surface area contributed by atoms with Gasteiger partial charge in [-0.3, -0.25) is 14.8 Å². The Labute approximate surface area is 159 Å². The van der Waals surface area contributed by atoms with Crippen LogP contribution in [-0.4, -0.2) is 27.2 Å². The zero-order valence-corrected chi connectivity index (χ0v) is 15.4. The number of nitrogens with zero attached hydrogens (tertiary/aromatic N) is 2. The SMILES string of the molecule is Cc1ccc(-c2csc(NC(=O)CCCc3cc(C(=O)NO)no3)n2)cc1. The number of benzene rings is 1. The van der Waals surface area contributed by atoms with E-state index < -0.39 is 5.91 Å². The third-order valence-electron chi connectivity index (χ3n) is 3.82. The van der Waals surface area contributed by atoms with E-state index in [-0.39, 0.29) is 18.0 Å². The number of carbonyl (C=O) groups excluding carboxylic acids is 2. The molecular formula is C18H18N4O4S. The molecule has 27 heavy (non-hydrogen) atoms. The van der Waals surface area contributed by atoms with Crippen molar-refractivity contribution in [1.29, 1.82) is 0 Å². The van der Waals surface area contributed by atoms with Crippen molar-refractivity contribution in [2.24, 2.45) is 0 Å². The van der Waals surface area contributed by atoms with Crippen molar-refractivity contribution in [3.05, 3.63) is 52.7 Å². The van der Waals surface area contributed by atoms with Crippen LogP contribution < -0.4 is 10.8 Å². The number of hydroxylamine groups is 1. The first kappa shape index (κ1) is 18.7. The summed E-state index contributed by atoms with van der Waals surface area (Å²) in [4.78, 5) is 27.7. The molecule has 8 nitrogen and oxygen atoms in total. The fourth-order valence-electron chi connectivity index (χ4n) is 2.39. The lowest BCUT2D eigenvalue weighted by Gasteiger charge is -2.01. The van der Waals surface area contributed by atoms with Crippen LogP contribution in [0.25, 0.3) is 11.3 Å². The van der Waals surface area contributed by atoms with Crippen molar-refractivity contribution in [2.75, 3.05) is 5.32 Å². The second-order valence-corrected chi connectivity index (χ2v) is 6.78. The van der Waals surface area contributed by atoms with Gasteiger partial charge in [-0.2, -0.15) is 0 Å². The molecule has 2 amide bonds. The van der Waals surface area contributed by atoms with Crippen molar-refractivity contribution in [2.45, 2.75) is 26.2 Å². The van der Waals surface area contributed by atoms with Gasteiger partial charge in [-0.1, -0.05) is 35.0 Å². The number of hydrogen-bond donors (Lipinski definition) is 3. The van der Waals surface area contributed by atoms with Gasteiger partial charge in [0.2, 0.25) is 5.91 Å². The largest absolute Gasteiger partial charge is 0.361 e. The second kappa shape index (κ2) is 8.56. The molecule has 0 bridgehead atoms. The Morgan fingerprint density at radius 1 is 1.26 bits per heavy atom. The van der Waals surface area contributed by atoms with Crippen LogP contribution in [0.3, 0.4) is 0 Å². The molecule has 3 rings (SSSR count). The normalized spacial score (nSPS) is 10.6. The Balaban J connectivity index is 1.47.